The van der Waals surface area contributed by atoms with Gasteiger partial charge in [-0.3, -0.25) is 19.1 Å². The zero-order valence-corrected chi connectivity index (χ0v) is 30.2. The lowest BCUT2D eigenvalue weighted by Crippen LogP contribution is -2.59. The number of carbonyl (C=O) groups is 4. The summed E-state index contributed by atoms with van der Waals surface area (Å²) in [5.41, 5.74) is -0.626. The smallest absolute Gasteiger partial charge is 0.405 e. The van der Waals surface area contributed by atoms with Gasteiger partial charge in [-0.05, 0) is 62.5 Å². The van der Waals surface area contributed by atoms with Crippen molar-refractivity contribution in [3.05, 3.63) is 35.5 Å². The van der Waals surface area contributed by atoms with Gasteiger partial charge in [0.25, 0.3) is 11.8 Å². The van der Waals surface area contributed by atoms with Crippen LogP contribution >= 0.6 is 11.6 Å². The number of fused-ring (bicyclic) bond motifs is 3. The first-order valence-electron chi connectivity index (χ1n) is 17.3. The fraction of sp³-hybridized carbons (Fsp3) is 0.588. The highest BCUT2D eigenvalue weighted by atomic mass is 35.5. The summed E-state index contributed by atoms with van der Waals surface area (Å²) >= 11 is 6.47. The molecule has 2 saturated carbocycles. The zero-order chi connectivity index (χ0) is 36.7. The Hall–Kier alpha value is -4.18. The molecule has 0 radical (unpaired) electrons. The number of sulfonamides is 1. The topological polar surface area (TPSA) is 206 Å². The highest BCUT2D eigenvalue weighted by Gasteiger charge is 2.62. The minimum atomic E-state index is -3.92. The molecule has 276 valence electrons. The minimum absolute atomic E-state index is 0.0352. The number of allylic oxidation sites excluding steroid dienone is 1. The molecule has 15 nitrogen and oxygen atoms in total. The van der Waals surface area contributed by atoms with E-state index in [2.05, 4.69) is 25.3 Å². The Morgan fingerprint density at radius 3 is 2.61 bits per heavy atom. The number of nitrogens with zero attached hydrogens (tertiary/aromatic N) is 3. The fourth-order valence-electron chi connectivity index (χ4n) is 7.21. The number of carboxylic acid groups (broad SMARTS) is 1. The average Bonchev–Trinajstić information content (AvgIpc) is 4.01. The Bertz CT molecular complexity index is 1860. The Balaban J connectivity index is 1.34. The number of halogens is 1. The molecule has 7 atom stereocenters. The second kappa shape index (κ2) is 14.4. The van der Waals surface area contributed by atoms with Crippen molar-refractivity contribution in [1.82, 2.24) is 30.2 Å². The van der Waals surface area contributed by atoms with E-state index in [9.17, 15) is 32.7 Å². The summed E-state index contributed by atoms with van der Waals surface area (Å²) in [5, 5.41) is 14.3. The van der Waals surface area contributed by atoms with Gasteiger partial charge >= 0.3 is 6.09 Å². The highest BCUT2D eigenvalue weighted by Crippen LogP contribution is 2.46. The SMILES string of the molecule is CC[C@@H]1C[C@H](C)CCC=C[C@@H]2C[C@@]2(C(=O)NS(=O)(=O)C2CC2)NC(=O)[C@@H]2C[C@@H](Oc3nc4cc(OC)ccc4nc3Cl)CN2C(=O)[C@H]1NC(=O)O. The molecule has 4 aliphatic rings. The van der Waals surface area contributed by atoms with Crippen LogP contribution in [0.5, 0.6) is 11.6 Å². The molecule has 0 unspecified atom stereocenters. The molecule has 51 heavy (non-hydrogen) atoms. The van der Waals surface area contributed by atoms with Crippen LogP contribution in [0.4, 0.5) is 4.79 Å². The van der Waals surface area contributed by atoms with Crippen molar-refractivity contribution in [3.8, 4) is 11.6 Å². The Morgan fingerprint density at radius 1 is 1.16 bits per heavy atom. The summed E-state index contributed by atoms with van der Waals surface area (Å²) in [6, 6.07) is 2.68. The van der Waals surface area contributed by atoms with Crippen LogP contribution in [0.25, 0.3) is 11.0 Å². The molecule has 4 amide bonds. The van der Waals surface area contributed by atoms with E-state index in [-0.39, 0.29) is 42.3 Å². The van der Waals surface area contributed by atoms with Gasteiger partial charge in [-0.25, -0.2) is 23.2 Å². The van der Waals surface area contributed by atoms with E-state index in [1.165, 1.54) is 12.0 Å². The summed E-state index contributed by atoms with van der Waals surface area (Å²) in [7, 11) is -2.40. The van der Waals surface area contributed by atoms with Crippen LogP contribution in [0.15, 0.2) is 30.4 Å². The molecule has 2 aromatic rings. The van der Waals surface area contributed by atoms with E-state index in [0.29, 0.717) is 48.9 Å². The van der Waals surface area contributed by atoms with Crippen LogP contribution in [-0.2, 0) is 24.4 Å². The van der Waals surface area contributed by atoms with Crippen LogP contribution in [0.3, 0.4) is 0 Å². The van der Waals surface area contributed by atoms with Gasteiger partial charge in [-0.1, -0.05) is 44.0 Å². The van der Waals surface area contributed by atoms with Gasteiger partial charge in [0.2, 0.25) is 21.8 Å². The van der Waals surface area contributed by atoms with Crippen molar-refractivity contribution in [2.45, 2.75) is 94.2 Å². The van der Waals surface area contributed by atoms with Crippen molar-refractivity contribution < 1.29 is 42.2 Å². The van der Waals surface area contributed by atoms with Crippen LogP contribution in [-0.4, -0.2) is 94.8 Å². The molecule has 0 bridgehead atoms. The molecule has 1 saturated heterocycles. The molecule has 2 aliphatic carbocycles. The monoisotopic (exact) mass is 746 g/mol. The summed E-state index contributed by atoms with van der Waals surface area (Å²) in [4.78, 5) is 64.5. The lowest BCUT2D eigenvalue weighted by atomic mass is 9.85. The molecule has 2 aliphatic heterocycles. The summed E-state index contributed by atoms with van der Waals surface area (Å²) in [6.45, 7) is 3.79. The van der Waals surface area contributed by atoms with Gasteiger partial charge in [-0.2, -0.15) is 0 Å². The largest absolute Gasteiger partial charge is 0.497 e. The first-order chi connectivity index (χ1) is 24.2. The second-order valence-corrected chi connectivity index (χ2v) is 16.4. The van der Waals surface area contributed by atoms with Crippen molar-refractivity contribution in [2.75, 3.05) is 13.7 Å². The van der Waals surface area contributed by atoms with E-state index >= 15 is 0 Å². The van der Waals surface area contributed by atoms with Crippen LogP contribution in [0.2, 0.25) is 5.15 Å². The number of carbonyl (C=O) groups excluding carboxylic acids is 3. The number of ether oxygens (including phenoxy) is 2. The number of benzene rings is 1. The number of hydrogen-bond donors (Lipinski definition) is 4. The number of methoxy groups -OCH3 is 1. The van der Waals surface area contributed by atoms with Gasteiger partial charge in [0.15, 0.2) is 5.15 Å². The van der Waals surface area contributed by atoms with Gasteiger partial charge in [0.05, 0.1) is 29.9 Å². The minimum Gasteiger partial charge on any atom is -0.497 e. The van der Waals surface area contributed by atoms with Crippen LogP contribution < -0.4 is 24.8 Å². The third-order valence-corrected chi connectivity index (χ3v) is 12.4. The number of amides is 4. The Morgan fingerprint density at radius 2 is 1.92 bits per heavy atom. The van der Waals surface area contributed by atoms with Gasteiger partial charge in [0.1, 0.15) is 29.5 Å². The van der Waals surface area contributed by atoms with Crippen molar-refractivity contribution in [3.63, 3.8) is 0 Å². The molecule has 4 N–H and O–H groups in total. The van der Waals surface area contributed by atoms with Gasteiger partial charge < -0.3 is 30.1 Å². The Labute approximate surface area is 300 Å². The molecular formula is C34H43ClN6O9S. The standard InChI is InChI=1S/C34H43ClN6O9S/c1-4-19-13-18(2)7-5-6-8-20-16-34(20,32(44)40-51(47,48)23-10-11-23)39-29(42)26-15-22(17-41(26)31(43)27(19)38-33(45)46)50-30-28(35)36-24-12-9-21(49-3)14-25(24)37-30/h6,8-9,12,14,18-20,22-23,26-27,38H,4-5,7,10-11,13,15-17H2,1-3H3,(H,39,42)(H,40,44)(H,45,46)/t18-,19-,20-,22-,26+,27+,34-/m1/s1. The van der Waals surface area contributed by atoms with E-state index in [1.807, 2.05) is 26.0 Å². The molecule has 3 fully saturated rings. The summed E-state index contributed by atoms with van der Waals surface area (Å²) in [6.07, 6.45) is 4.98. The normalized spacial score (nSPS) is 29.9. The molecule has 1 aromatic heterocycles. The molecule has 6 rings (SSSR count). The van der Waals surface area contributed by atoms with Gasteiger partial charge in [0, 0.05) is 18.4 Å². The van der Waals surface area contributed by atoms with Gasteiger partial charge in [-0.15, -0.1) is 0 Å². The first kappa shape index (κ1) is 36.6. The fourth-order valence-corrected chi connectivity index (χ4v) is 8.75. The highest BCUT2D eigenvalue weighted by molar-refractivity contribution is 7.91. The average molecular weight is 747 g/mol. The number of rotatable bonds is 8. The maximum absolute atomic E-state index is 14.4. The molecule has 1 aromatic carbocycles. The quantitative estimate of drug-likeness (QED) is 0.289. The summed E-state index contributed by atoms with van der Waals surface area (Å²) < 4.78 is 39.2. The van der Waals surface area contributed by atoms with Crippen LogP contribution in [0.1, 0.15) is 65.2 Å². The first-order valence-corrected chi connectivity index (χ1v) is 19.2. The third-order valence-electron chi connectivity index (χ3n) is 10.3. The van der Waals surface area contributed by atoms with E-state index in [0.717, 1.165) is 6.42 Å². The maximum atomic E-state index is 14.4. The van der Waals surface area contributed by atoms with Crippen molar-refractivity contribution >= 4 is 56.5 Å². The predicted molar refractivity (Wildman–Crippen MR) is 186 cm³/mol. The lowest BCUT2D eigenvalue weighted by Gasteiger charge is -2.33. The third kappa shape index (κ3) is 7.86. The van der Waals surface area contributed by atoms with E-state index in [1.54, 1.807) is 18.2 Å². The molecule has 3 heterocycles. The van der Waals surface area contributed by atoms with Crippen molar-refractivity contribution in [2.24, 2.45) is 17.8 Å². The number of hydrogen-bond acceptors (Lipinski definition) is 10. The summed E-state index contributed by atoms with van der Waals surface area (Å²) in [5.74, 6) is -2.38. The predicted octanol–water partition coefficient (Wildman–Crippen LogP) is 3.16. The van der Waals surface area contributed by atoms with E-state index < -0.39 is 68.7 Å². The molecule has 0 spiro atoms. The van der Waals surface area contributed by atoms with Crippen molar-refractivity contribution in [1.29, 1.82) is 0 Å². The van der Waals surface area contributed by atoms with E-state index in [4.69, 9.17) is 21.1 Å². The maximum Gasteiger partial charge on any atom is 0.405 e. The second-order valence-electron chi connectivity index (χ2n) is 14.0. The Kier molecular flexibility index (Phi) is 10.4. The zero-order valence-electron chi connectivity index (χ0n) is 28.6. The number of nitrogens with one attached hydrogen (secondary N) is 3. The molecular weight excluding hydrogens is 704 g/mol. The lowest BCUT2D eigenvalue weighted by molar-refractivity contribution is -0.142. The number of aromatic nitrogens is 2. The molecule has 17 heteroatoms. The van der Waals surface area contributed by atoms with Crippen LogP contribution in [0, 0.1) is 17.8 Å².